The quantitative estimate of drug-likeness (QED) is 0.158. The smallest absolute Gasteiger partial charge is 0.253 e. The summed E-state index contributed by atoms with van der Waals surface area (Å²) >= 11 is 1.76. The Hall–Kier alpha value is -0.770. The van der Waals surface area contributed by atoms with E-state index in [0.717, 1.165) is 12.2 Å². The van der Waals surface area contributed by atoms with E-state index in [2.05, 4.69) is 13.5 Å². The lowest BCUT2D eigenvalue weighted by atomic mass is 10.0. The van der Waals surface area contributed by atoms with Gasteiger partial charge in [0.25, 0.3) is 5.91 Å². The molecule has 168 valence electrons. The summed E-state index contributed by atoms with van der Waals surface area (Å²) in [6.07, 6.45) is 24.7. The second kappa shape index (κ2) is 18.0. The molecule has 2 amide bonds. The first-order valence-corrected chi connectivity index (χ1v) is 13.4. The van der Waals surface area contributed by atoms with E-state index >= 15 is 0 Å². The molecule has 3 nitrogen and oxygen atoms in total. The van der Waals surface area contributed by atoms with Crippen LogP contribution in [0.4, 0.5) is 0 Å². The predicted molar refractivity (Wildman–Crippen MR) is 127 cm³/mol. The SMILES string of the molecule is C=CC(=O)N1C(=O)CCC1SCCCCCCCCCCCCCCCCCC. The number of carbonyl (C=O) groups excluding carboxylic acids is 2. The molecule has 1 fully saturated rings. The van der Waals surface area contributed by atoms with Gasteiger partial charge in [0, 0.05) is 6.42 Å². The van der Waals surface area contributed by atoms with E-state index in [0.29, 0.717) is 6.42 Å². The summed E-state index contributed by atoms with van der Waals surface area (Å²) in [7, 11) is 0. The Morgan fingerprint density at radius 2 is 1.34 bits per heavy atom. The highest BCUT2D eigenvalue weighted by atomic mass is 32.2. The molecule has 0 aromatic rings. The first-order chi connectivity index (χ1) is 14.2. The highest BCUT2D eigenvalue weighted by Gasteiger charge is 2.34. The molecule has 0 N–H and O–H groups in total. The number of nitrogens with zero attached hydrogens (tertiary/aromatic N) is 1. The van der Waals surface area contributed by atoms with E-state index in [4.69, 9.17) is 0 Å². The average molecular weight is 424 g/mol. The molecule has 4 heteroatoms. The highest BCUT2D eigenvalue weighted by molar-refractivity contribution is 7.99. The zero-order valence-corrected chi connectivity index (χ0v) is 19.8. The van der Waals surface area contributed by atoms with Gasteiger partial charge in [-0.05, 0) is 24.7 Å². The van der Waals surface area contributed by atoms with Crippen LogP contribution in [0.25, 0.3) is 0 Å². The average Bonchev–Trinajstić information content (AvgIpc) is 3.10. The Labute approximate surface area is 184 Å². The number of imide groups is 1. The number of amides is 2. The van der Waals surface area contributed by atoms with E-state index in [-0.39, 0.29) is 17.2 Å². The van der Waals surface area contributed by atoms with E-state index in [9.17, 15) is 9.59 Å². The first kappa shape index (κ1) is 26.3. The van der Waals surface area contributed by atoms with Crippen molar-refractivity contribution in [1.82, 2.24) is 4.90 Å². The van der Waals surface area contributed by atoms with E-state index in [1.807, 2.05) is 0 Å². The summed E-state index contributed by atoms with van der Waals surface area (Å²) in [6, 6.07) is 0. The molecule has 1 heterocycles. The zero-order valence-electron chi connectivity index (χ0n) is 19.0. The Morgan fingerprint density at radius 3 is 1.79 bits per heavy atom. The minimum Gasteiger partial charge on any atom is -0.274 e. The van der Waals surface area contributed by atoms with Gasteiger partial charge in [-0.1, -0.05) is 110 Å². The molecule has 0 saturated carbocycles. The van der Waals surface area contributed by atoms with Gasteiger partial charge in [-0.3, -0.25) is 14.5 Å². The van der Waals surface area contributed by atoms with Gasteiger partial charge in [-0.15, -0.1) is 11.8 Å². The van der Waals surface area contributed by atoms with Crippen molar-refractivity contribution in [1.29, 1.82) is 0 Å². The third-order valence-corrected chi connectivity index (χ3v) is 7.24. The largest absolute Gasteiger partial charge is 0.274 e. The van der Waals surface area contributed by atoms with Crippen LogP contribution in [0.1, 0.15) is 122 Å². The van der Waals surface area contributed by atoms with Crippen molar-refractivity contribution < 1.29 is 9.59 Å². The molecule has 1 atom stereocenters. The summed E-state index contributed by atoms with van der Waals surface area (Å²) in [5, 5.41) is 0.0318. The Bertz CT molecular complexity index is 452. The molecule has 1 aliphatic heterocycles. The van der Waals surface area contributed by atoms with Gasteiger partial charge in [-0.2, -0.15) is 0 Å². The number of unbranched alkanes of at least 4 members (excludes halogenated alkanes) is 15. The van der Waals surface area contributed by atoms with Gasteiger partial charge < -0.3 is 0 Å². The van der Waals surface area contributed by atoms with Crippen LogP contribution >= 0.6 is 11.8 Å². The van der Waals surface area contributed by atoms with Gasteiger partial charge in [0.15, 0.2) is 0 Å². The summed E-state index contributed by atoms with van der Waals surface area (Å²) in [5.74, 6) is 0.758. The minimum atomic E-state index is -0.239. The van der Waals surface area contributed by atoms with Crippen LogP contribution in [0.3, 0.4) is 0 Å². The number of thioether (sulfide) groups is 1. The lowest BCUT2D eigenvalue weighted by molar-refractivity contribution is -0.139. The number of carbonyl (C=O) groups is 2. The molecule has 0 spiro atoms. The van der Waals surface area contributed by atoms with Crippen molar-refractivity contribution in [3.63, 3.8) is 0 Å². The monoisotopic (exact) mass is 423 g/mol. The molecule has 0 aliphatic carbocycles. The number of hydrogen-bond donors (Lipinski definition) is 0. The van der Waals surface area contributed by atoms with Crippen LogP contribution in [0.5, 0.6) is 0 Å². The number of hydrogen-bond acceptors (Lipinski definition) is 3. The molecule has 1 saturated heterocycles. The van der Waals surface area contributed by atoms with Gasteiger partial charge in [0.1, 0.15) is 0 Å². The van der Waals surface area contributed by atoms with Crippen molar-refractivity contribution in [3.8, 4) is 0 Å². The lowest BCUT2D eigenvalue weighted by Gasteiger charge is -2.20. The molecule has 1 rings (SSSR count). The topological polar surface area (TPSA) is 37.4 Å². The van der Waals surface area contributed by atoms with Crippen LogP contribution in [0.15, 0.2) is 12.7 Å². The summed E-state index contributed by atoms with van der Waals surface area (Å²) < 4.78 is 0. The summed E-state index contributed by atoms with van der Waals surface area (Å²) in [6.45, 7) is 5.78. The fourth-order valence-electron chi connectivity index (χ4n) is 4.05. The normalized spacial score (nSPS) is 16.5. The molecule has 0 aromatic carbocycles. The maximum Gasteiger partial charge on any atom is 0.253 e. The number of likely N-dealkylation sites (tertiary alicyclic amines) is 1. The van der Waals surface area contributed by atoms with Gasteiger partial charge >= 0.3 is 0 Å². The fourth-order valence-corrected chi connectivity index (χ4v) is 5.35. The van der Waals surface area contributed by atoms with Crippen LogP contribution in [0, 0.1) is 0 Å². The standard InChI is InChI=1S/C25H45NO2S/c1-3-5-6-7-8-9-10-11-12-13-14-15-16-17-18-19-22-29-25-21-20-24(28)26(25)23(27)4-2/h4,25H,2-3,5-22H2,1H3. The molecular formula is C25H45NO2S. The molecule has 0 aromatic heterocycles. The number of rotatable bonds is 19. The molecule has 0 radical (unpaired) electrons. The van der Waals surface area contributed by atoms with Crippen molar-refractivity contribution in [2.45, 2.75) is 128 Å². The fraction of sp³-hybridized carbons (Fsp3) is 0.840. The third kappa shape index (κ3) is 12.5. The van der Waals surface area contributed by atoms with Crippen molar-refractivity contribution in [3.05, 3.63) is 12.7 Å². The van der Waals surface area contributed by atoms with Crippen LogP contribution in [-0.4, -0.2) is 27.8 Å². The molecule has 1 unspecified atom stereocenters. The molecule has 0 bridgehead atoms. The predicted octanol–water partition coefficient (Wildman–Crippen LogP) is 7.64. The van der Waals surface area contributed by atoms with Crippen molar-refractivity contribution in [2.75, 3.05) is 5.75 Å². The van der Waals surface area contributed by atoms with Crippen LogP contribution in [-0.2, 0) is 9.59 Å². The van der Waals surface area contributed by atoms with Gasteiger partial charge in [-0.25, -0.2) is 0 Å². The second-order valence-corrected chi connectivity index (χ2v) is 9.76. The van der Waals surface area contributed by atoms with Crippen molar-refractivity contribution in [2.24, 2.45) is 0 Å². The first-order valence-electron chi connectivity index (χ1n) is 12.3. The summed E-state index contributed by atoms with van der Waals surface area (Å²) in [5.41, 5.74) is 0. The van der Waals surface area contributed by atoms with Gasteiger partial charge in [0.05, 0.1) is 5.37 Å². The van der Waals surface area contributed by atoms with E-state index in [1.165, 1.54) is 114 Å². The molecule has 1 aliphatic rings. The zero-order chi connectivity index (χ0) is 21.2. The third-order valence-electron chi connectivity index (χ3n) is 5.88. The van der Waals surface area contributed by atoms with Crippen molar-refractivity contribution >= 4 is 23.6 Å². The minimum absolute atomic E-state index is 0.0318. The van der Waals surface area contributed by atoms with Gasteiger partial charge in [0.2, 0.25) is 5.91 Å². The van der Waals surface area contributed by atoms with E-state index < -0.39 is 0 Å². The summed E-state index contributed by atoms with van der Waals surface area (Å²) in [4.78, 5) is 25.0. The van der Waals surface area contributed by atoms with Crippen LogP contribution in [0.2, 0.25) is 0 Å². The van der Waals surface area contributed by atoms with Crippen LogP contribution < -0.4 is 0 Å². The second-order valence-electron chi connectivity index (χ2n) is 8.47. The Balaban J connectivity index is 1.83. The Kier molecular flexibility index (Phi) is 16.3. The lowest BCUT2D eigenvalue weighted by Crippen LogP contribution is -2.35. The highest BCUT2D eigenvalue weighted by Crippen LogP contribution is 2.29. The maximum absolute atomic E-state index is 11.8. The molecular weight excluding hydrogens is 378 g/mol. The Morgan fingerprint density at radius 1 is 0.897 bits per heavy atom. The van der Waals surface area contributed by atoms with E-state index in [1.54, 1.807) is 11.8 Å². The maximum atomic E-state index is 11.8. The molecule has 29 heavy (non-hydrogen) atoms.